The maximum atomic E-state index is 12.7. The minimum Gasteiger partial charge on any atom is -0.478 e. The third kappa shape index (κ3) is 2.39. The third-order valence-corrected chi connectivity index (χ3v) is 5.07. The standard InChI is InChI=1S/C16H16N2O3S/c1-9-11(16(20)21)3-4-13(17-9)15(19)18-7-5-14-12(10(18)2)6-8-22-14/h3-4,6,8,10H,5,7H2,1-2H3,(H,20,21). The van der Waals surface area contributed by atoms with Gasteiger partial charge in [0.05, 0.1) is 17.3 Å². The molecule has 1 unspecified atom stereocenters. The highest BCUT2D eigenvalue weighted by molar-refractivity contribution is 7.10. The number of amides is 1. The van der Waals surface area contributed by atoms with Gasteiger partial charge in [-0.1, -0.05) is 0 Å². The number of rotatable bonds is 2. The Morgan fingerprint density at radius 1 is 1.36 bits per heavy atom. The number of nitrogens with zero attached hydrogens (tertiary/aromatic N) is 2. The highest BCUT2D eigenvalue weighted by atomic mass is 32.1. The number of aryl methyl sites for hydroxylation is 1. The van der Waals surface area contributed by atoms with Crippen LogP contribution in [-0.4, -0.2) is 33.4 Å². The Morgan fingerprint density at radius 3 is 2.82 bits per heavy atom. The van der Waals surface area contributed by atoms with Crippen LogP contribution in [0, 0.1) is 6.92 Å². The predicted octanol–water partition coefficient (Wildman–Crippen LogP) is 2.91. The van der Waals surface area contributed by atoms with E-state index in [0.717, 1.165) is 6.42 Å². The molecule has 3 heterocycles. The minimum absolute atomic E-state index is 0.0174. The van der Waals surface area contributed by atoms with Crippen LogP contribution in [0.15, 0.2) is 23.6 Å². The van der Waals surface area contributed by atoms with Crippen molar-refractivity contribution in [2.45, 2.75) is 26.3 Å². The van der Waals surface area contributed by atoms with E-state index in [2.05, 4.69) is 16.4 Å². The van der Waals surface area contributed by atoms with Crippen LogP contribution >= 0.6 is 11.3 Å². The van der Waals surface area contributed by atoms with Crippen molar-refractivity contribution < 1.29 is 14.7 Å². The van der Waals surface area contributed by atoms with Crippen LogP contribution < -0.4 is 0 Å². The Balaban J connectivity index is 1.89. The molecule has 1 N–H and O–H groups in total. The van der Waals surface area contributed by atoms with Crippen LogP contribution in [0.1, 0.15) is 49.9 Å². The van der Waals surface area contributed by atoms with E-state index in [-0.39, 0.29) is 17.5 Å². The molecule has 2 aromatic heterocycles. The Kier molecular flexibility index (Phi) is 3.70. The number of carboxylic acid groups (broad SMARTS) is 1. The first kappa shape index (κ1) is 14.7. The number of aromatic nitrogens is 1. The largest absolute Gasteiger partial charge is 0.478 e. The first-order valence-corrected chi connectivity index (χ1v) is 7.95. The summed E-state index contributed by atoms with van der Waals surface area (Å²) in [5.74, 6) is -1.18. The molecule has 1 aliphatic heterocycles. The quantitative estimate of drug-likeness (QED) is 0.925. The summed E-state index contributed by atoms with van der Waals surface area (Å²) in [7, 11) is 0. The average Bonchev–Trinajstić information content (AvgIpc) is 2.96. The van der Waals surface area contributed by atoms with E-state index < -0.39 is 5.97 Å². The second kappa shape index (κ2) is 5.53. The van der Waals surface area contributed by atoms with Crippen LogP contribution in [0.2, 0.25) is 0 Å². The topological polar surface area (TPSA) is 70.5 Å². The monoisotopic (exact) mass is 316 g/mol. The molecule has 0 aliphatic carbocycles. The molecule has 0 aromatic carbocycles. The molecule has 1 aliphatic rings. The summed E-state index contributed by atoms with van der Waals surface area (Å²) in [5.41, 5.74) is 1.99. The zero-order chi connectivity index (χ0) is 15.9. The number of hydrogen-bond donors (Lipinski definition) is 1. The lowest BCUT2D eigenvalue weighted by Gasteiger charge is -2.33. The van der Waals surface area contributed by atoms with Gasteiger partial charge in [-0.05, 0) is 49.4 Å². The first-order valence-electron chi connectivity index (χ1n) is 7.07. The van der Waals surface area contributed by atoms with Crippen LogP contribution in [0.25, 0.3) is 0 Å². The van der Waals surface area contributed by atoms with Crippen LogP contribution in [0.3, 0.4) is 0 Å². The summed E-state index contributed by atoms with van der Waals surface area (Å²) in [4.78, 5) is 31.0. The molecular formula is C16H16N2O3S. The number of hydrogen-bond acceptors (Lipinski definition) is 4. The lowest BCUT2D eigenvalue weighted by molar-refractivity contribution is 0.0664. The van der Waals surface area contributed by atoms with Crippen molar-refractivity contribution in [3.05, 3.63) is 51.0 Å². The summed E-state index contributed by atoms with van der Waals surface area (Å²) in [6, 6.07) is 5.02. The Morgan fingerprint density at radius 2 is 2.14 bits per heavy atom. The molecule has 0 bridgehead atoms. The van der Waals surface area contributed by atoms with E-state index >= 15 is 0 Å². The molecule has 0 saturated carbocycles. The fraction of sp³-hybridized carbons (Fsp3) is 0.312. The van der Waals surface area contributed by atoms with Gasteiger partial charge in [-0.2, -0.15) is 0 Å². The molecule has 1 amide bonds. The highest BCUT2D eigenvalue weighted by Gasteiger charge is 2.29. The van der Waals surface area contributed by atoms with Gasteiger partial charge in [0.25, 0.3) is 5.91 Å². The summed E-state index contributed by atoms with van der Waals surface area (Å²) < 4.78 is 0. The molecule has 114 valence electrons. The lowest BCUT2D eigenvalue weighted by Crippen LogP contribution is -2.38. The number of carbonyl (C=O) groups is 2. The third-order valence-electron chi connectivity index (χ3n) is 4.07. The van der Waals surface area contributed by atoms with E-state index in [0.29, 0.717) is 17.9 Å². The van der Waals surface area contributed by atoms with Gasteiger partial charge in [-0.3, -0.25) is 4.79 Å². The van der Waals surface area contributed by atoms with Gasteiger partial charge in [0.1, 0.15) is 5.69 Å². The number of fused-ring (bicyclic) bond motifs is 1. The molecule has 0 saturated heterocycles. The van der Waals surface area contributed by atoms with E-state index in [1.54, 1.807) is 23.2 Å². The second-order valence-corrected chi connectivity index (χ2v) is 6.36. The molecule has 1 atom stereocenters. The van der Waals surface area contributed by atoms with Crippen molar-refractivity contribution >= 4 is 23.2 Å². The fourth-order valence-corrected chi connectivity index (χ4v) is 3.80. The van der Waals surface area contributed by atoms with Crippen LogP contribution in [0.4, 0.5) is 0 Å². The Hall–Kier alpha value is -2.21. The number of pyridine rings is 1. The van der Waals surface area contributed by atoms with Gasteiger partial charge in [0.15, 0.2) is 0 Å². The minimum atomic E-state index is -1.03. The Labute approximate surface area is 132 Å². The van der Waals surface area contributed by atoms with Crippen molar-refractivity contribution in [2.75, 3.05) is 6.54 Å². The summed E-state index contributed by atoms with van der Waals surface area (Å²) >= 11 is 1.73. The second-order valence-electron chi connectivity index (χ2n) is 5.36. The van der Waals surface area contributed by atoms with Gasteiger partial charge in [0, 0.05) is 11.4 Å². The van der Waals surface area contributed by atoms with E-state index in [1.807, 2.05) is 6.92 Å². The van der Waals surface area contributed by atoms with E-state index in [4.69, 9.17) is 5.11 Å². The molecule has 3 rings (SSSR count). The number of carbonyl (C=O) groups excluding carboxylic acids is 1. The van der Waals surface area contributed by atoms with Gasteiger partial charge in [0.2, 0.25) is 0 Å². The number of thiophene rings is 1. The highest BCUT2D eigenvalue weighted by Crippen LogP contribution is 2.33. The Bertz CT molecular complexity index is 754. The van der Waals surface area contributed by atoms with Gasteiger partial charge in [-0.15, -0.1) is 11.3 Å². The van der Waals surface area contributed by atoms with Crippen LogP contribution in [0.5, 0.6) is 0 Å². The maximum absolute atomic E-state index is 12.7. The van der Waals surface area contributed by atoms with Crippen molar-refractivity contribution in [3.63, 3.8) is 0 Å². The smallest absolute Gasteiger partial charge is 0.337 e. The van der Waals surface area contributed by atoms with Gasteiger partial charge in [-0.25, -0.2) is 9.78 Å². The van der Waals surface area contributed by atoms with E-state index in [1.165, 1.54) is 22.6 Å². The maximum Gasteiger partial charge on any atom is 0.337 e. The first-order chi connectivity index (χ1) is 10.5. The normalized spacial score (nSPS) is 17.2. The number of carboxylic acids is 1. The SMILES string of the molecule is Cc1nc(C(=O)N2CCc3sccc3C2C)ccc1C(=O)O. The molecule has 5 nitrogen and oxygen atoms in total. The molecular weight excluding hydrogens is 300 g/mol. The molecule has 0 radical (unpaired) electrons. The van der Waals surface area contributed by atoms with Gasteiger partial charge < -0.3 is 10.0 Å². The molecule has 2 aromatic rings. The van der Waals surface area contributed by atoms with Gasteiger partial charge >= 0.3 is 5.97 Å². The predicted molar refractivity (Wildman–Crippen MR) is 83.4 cm³/mol. The van der Waals surface area contributed by atoms with Crippen LogP contribution in [-0.2, 0) is 6.42 Å². The fourth-order valence-electron chi connectivity index (χ4n) is 2.84. The number of aromatic carboxylic acids is 1. The van der Waals surface area contributed by atoms with Crippen molar-refractivity contribution in [3.8, 4) is 0 Å². The summed E-state index contributed by atoms with van der Waals surface area (Å²) in [5, 5.41) is 11.1. The zero-order valence-electron chi connectivity index (χ0n) is 12.4. The molecule has 0 spiro atoms. The molecule has 0 fully saturated rings. The zero-order valence-corrected chi connectivity index (χ0v) is 13.2. The average molecular weight is 316 g/mol. The van der Waals surface area contributed by atoms with Crippen molar-refractivity contribution in [1.82, 2.24) is 9.88 Å². The van der Waals surface area contributed by atoms with Crippen molar-refractivity contribution in [1.29, 1.82) is 0 Å². The molecule has 6 heteroatoms. The van der Waals surface area contributed by atoms with Crippen molar-refractivity contribution in [2.24, 2.45) is 0 Å². The van der Waals surface area contributed by atoms with E-state index in [9.17, 15) is 9.59 Å². The lowest BCUT2D eigenvalue weighted by atomic mass is 10.0. The molecule has 22 heavy (non-hydrogen) atoms. The summed E-state index contributed by atoms with van der Waals surface area (Å²) in [6.45, 7) is 4.28. The summed E-state index contributed by atoms with van der Waals surface area (Å²) in [6.07, 6.45) is 0.856.